The smallest absolute Gasteiger partial charge is 0.319 e. The lowest BCUT2D eigenvalue weighted by atomic mass is 10.1. The molecule has 0 radical (unpaired) electrons. The van der Waals surface area contributed by atoms with Gasteiger partial charge in [-0.1, -0.05) is 0 Å². The third kappa shape index (κ3) is 3.50. The average Bonchev–Trinajstić information content (AvgIpc) is 2.16. The Morgan fingerprint density at radius 2 is 2.29 bits per heavy atom. The van der Waals surface area contributed by atoms with Gasteiger partial charge in [-0.15, -0.1) is 11.8 Å². The van der Waals surface area contributed by atoms with Crippen LogP contribution in [-0.4, -0.2) is 34.3 Å². The number of hydrogen-bond donors (Lipinski definition) is 1. The molecule has 4 heteroatoms. The molecule has 1 saturated heterocycles. The number of carboxylic acid groups (broad SMARTS) is 1. The van der Waals surface area contributed by atoms with Gasteiger partial charge in [-0.3, -0.25) is 4.79 Å². The zero-order valence-corrected chi connectivity index (χ0v) is 9.60. The second-order valence-electron chi connectivity index (χ2n) is 4.12. The van der Waals surface area contributed by atoms with Gasteiger partial charge in [0, 0.05) is 12.4 Å². The van der Waals surface area contributed by atoms with E-state index < -0.39 is 10.7 Å². The van der Waals surface area contributed by atoms with Gasteiger partial charge in [0.05, 0.1) is 6.10 Å². The fraction of sp³-hybridized carbons (Fsp3) is 0.900. The summed E-state index contributed by atoms with van der Waals surface area (Å²) in [6.45, 7) is 4.31. The number of rotatable bonds is 4. The Bertz CT molecular complexity index is 198. The molecule has 14 heavy (non-hydrogen) atoms. The summed E-state index contributed by atoms with van der Waals surface area (Å²) in [7, 11) is 0. The summed E-state index contributed by atoms with van der Waals surface area (Å²) in [5.41, 5.74) is 0. The predicted molar refractivity (Wildman–Crippen MR) is 57.8 cm³/mol. The van der Waals surface area contributed by atoms with Crippen LogP contribution in [0.3, 0.4) is 0 Å². The van der Waals surface area contributed by atoms with Crippen LogP contribution in [-0.2, 0) is 9.53 Å². The second kappa shape index (κ2) is 5.03. The number of thioether (sulfide) groups is 1. The largest absolute Gasteiger partial charge is 0.480 e. The van der Waals surface area contributed by atoms with Gasteiger partial charge in [0.1, 0.15) is 4.75 Å². The highest BCUT2D eigenvalue weighted by Gasteiger charge is 2.29. The first-order chi connectivity index (χ1) is 6.52. The van der Waals surface area contributed by atoms with Crippen LogP contribution in [0.25, 0.3) is 0 Å². The predicted octanol–water partition coefficient (Wildman–Crippen LogP) is 2.15. The number of carboxylic acids is 1. The summed E-state index contributed by atoms with van der Waals surface area (Å²) >= 11 is 1.47. The van der Waals surface area contributed by atoms with Crippen molar-refractivity contribution in [3.63, 3.8) is 0 Å². The van der Waals surface area contributed by atoms with Crippen molar-refractivity contribution in [2.24, 2.45) is 0 Å². The highest BCUT2D eigenvalue weighted by Crippen LogP contribution is 2.28. The molecular formula is C10H18O3S. The Balaban J connectivity index is 2.28. The van der Waals surface area contributed by atoms with Crippen molar-refractivity contribution in [3.8, 4) is 0 Å². The lowest BCUT2D eigenvalue weighted by Crippen LogP contribution is -2.31. The van der Waals surface area contributed by atoms with Gasteiger partial charge in [0.15, 0.2) is 0 Å². The molecule has 1 aliphatic rings. The van der Waals surface area contributed by atoms with Crippen LogP contribution < -0.4 is 0 Å². The summed E-state index contributed by atoms with van der Waals surface area (Å²) < 4.78 is 4.85. The van der Waals surface area contributed by atoms with Crippen molar-refractivity contribution in [1.29, 1.82) is 0 Å². The minimum atomic E-state index is -0.752. The van der Waals surface area contributed by atoms with E-state index in [0.717, 1.165) is 25.2 Å². The molecule has 0 saturated carbocycles. The van der Waals surface area contributed by atoms with E-state index in [9.17, 15) is 4.79 Å². The van der Waals surface area contributed by atoms with Gasteiger partial charge in [-0.05, 0) is 33.1 Å². The van der Waals surface area contributed by atoms with Crippen LogP contribution in [0.4, 0.5) is 0 Å². The van der Waals surface area contributed by atoms with E-state index in [4.69, 9.17) is 9.84 Å². The fourth-order valence-corrected chi connectivity index (χ4v) is 2.29. The van der Waals surface area contributed by atoms with Crippen molar-refractivity contribution in [3.05, 3.63) is 0 Å². The van der Waals surface area contributed by atoms with Gasteiger partial charge in [-0.2, -0.15) is 0 Å². The van der Waals surface area contributed by atoms with Crippen LogP contribution in [0.15, 0.2) is 0 Å². The molecule has 0 amide bonds. The third-order valence-corrected chi connectivity index (χ3v) is 3.85. The van der Waals surface area contributed by atoms with E-state index in [1.54, 1.807) is 13.8 Å². The highest BCUT2D eigenvalue weighted by atomic mass is 32.2. The Kier molecular flexibility index (Phi) is 4.26. The normalized spacial score (nSPS) is 23.4. The van der Waals surface area contributed by atoms with Gasteiger partial charge in [0.2, 0.25) is 0 Å². The summed E-state index contributed by atoms with van der Waals surface area (Å²) in [4.78, 5) is 10.8. The zero-order chi connectivity index (χ0) is 10.6. The maximum atomic E-state index is 10.8. The van der Waals surface area contributed by atoms with Crippen LogP contribution in [0.5, 0.6) is 0 Å². The summed E-state index contributed by atoms with van der Waals surface area (Å²) in [5, 5.41) is 8.91. The quantitative estimate of drug-likeness (QED) is 0.785. The Hall–Kier alpha value is -0.220. The molecule has 1 unspecified atom stereocenters. The first-order valence-electron chi connectivity index (χ1n) is 5.01. The Morgan fingerprint density at radius 3 is 2.79 bits per heavy atom. The maximum absolute atomic E-state index is 10.8. The van der Waals surface area contributed by atoms with E-state index in [1.807, 2.05) is 0 Å². The first-order valence-corrected chi connectivity index (χ1v) is 6.00. The summed E-state index contributed by atoms with van der Waals surface area (Å²) in [5.74, 6) is 0.0394. The van der Waals surface area contributed by atoms with E-state index in [-0.39, 0.29) is 6.10 Å². The number of ether oxygens (including phenoxy) is 1. The molecule has 0 aromatic carbocycles. The van der Waals surface area contributed by atoms with Crippen molar-refractivity contribution in [2.75, 3.05) is 12.4 Å². The summed E-state index contributed by atoms with van der Waals surface area (Å²) in [6.07, 6.45) is 3.68. The van der Waals surface area contributed by atoms with E-state index in [0.29, 0.717) is 0 Å². The van der Waals surface area contributed by atoms with Crippen molar-refractivity contribution < 1.29 is 14.6 Å². The van der Waals surface area contributed by atoms with Gasteiger partial charge in [-0.25, -0.2) is 0 Å². The maximum Gasteiger partial charge on any atom is 0.319 e. The number of hydrogen-bond acceptors (Lipinski definition) is 3. The molecule has 1 fully saturated rings. The average molecular weight is 218 g/mol. The molecule has 82 valence electrons. The zero-order valence-electron chi connectivity index (χ0n) is 8.78. The molecule has 1 aliphatic heterocycles. The Labute approximate surface area is 89.2 Å². The molecular weight excluding hydrogens is 200 g/mol. The molecule has 1 heterocycles. The van der Waals surface area contributed by atoms with Crippen molar-refractivity contribution in [2.45, 2.75) is 44.0 Å². The van der Waals surface area contributed by atoms with E-state index in [2.05, 4.69) is 0 Å². The molecule has 0 aliphatic carbocycles. The topological polar surface area (TPSA) is 46.5 Å². The molecule has 3 nitrogen and oxygen atoms in total. The van der Waals surface area contributed by atoms with Gasteiger partial charge < -0.3 is 9.84 Å². The molecule has 0 aromatic rings. The fourth-order valence-electron chi connectivity index (χ4n) is 1.30. The Morgan fingerprint density at radius 1 is 1.57 bits per heavy atom. The lowest BCUT2D eigenvalue weighted by molar-refractivity contribution is -0.138. The van der Waals surface area contributed by atoms with Crippen LogP contribution in [0.1, 0.15) is 33.1 Å². The minimum Gasteiger partial charge on any atom is -0.480 e. The first kappa shape index (κ1) is 11.9. The molecule has 0 aromatic heterocycles. The molecule has 0 spiro atoms. The highest BCUT2D eigenvalue weighted by molar-refractivity contribution is 8.01. The molecule has 1 atom stereocenters. The van der Waals surface area contributed by atoms with Gasteiger partial charge >= 0.3 is 5.97 Å². The minimum absolute atomic E-state index is 0.257. The van der Waals surface area contributed by atoms with Crippen LogP contribution >= 0.6 is 11.8 Å². The lowest BCUT2D eigenvalue weighted by Gasteiger charge is -2.25. The van der Waals surface area contributed by atoms with Crippen LogP contribution in [0, 0.1) is 0 Å². The van der Waals surface area contributed by atoms with E-state index >= 15 is 0 Å². The van der Waals surface area contributed by atoms with E-state index in [1.165, 1.54) is 18.2 Å². The van der Waals surface area contributed by atoms with Gasteiger partial charge in [0.25, 0.3) is 0 Å². The third-order valence-electron chi connectivity index (χ3n) is 2.42. The number of aliphatic carboxylic acids is 1. The summed E-state index contributed by atoms with van der Waals surface area (Å²) in [6, 6.07) is 0. The molecule has 0 bridgehead atoms. The van der Waals surface area contributed by atoms with Crippen molar-refractivity contribution in [1.82, 2.24) is 0 Å². The molecule has 1 rings (SSSR count). The number of carbonyl (C=O) groups is 1. The monoisotopic (exact) mass is 218 g/mol. The van der Waals surface area contributed by atoms with Crippen LogP contribution in [0.2, 0.25) is 0 Å². The van der Waals surface area contributed by atoms with Crippen molar-refractivity contribution >= 4 is 17.7 Å². The second-order valence-corrected chi connectivity index (χ2v) is 5.76. The SMILES string of the molecule is CC(C)(SCC1CCCCO1)C(=O)O. The standard InChI is InChI=1S/C10H18O3S/c1-10(2,9(11)12)14-7-8-5-3-4-6-13-8/h8H,3-7H2,1-2H3,(H,11,12). The molecule has 1 N–H and O–H groups in total.